The lowest BCUT2D eigenvalue weighted by atomic mass is 10.2. The molecule has 0 aliphatic carbocycles. The third-order valence-corrected chi connectivity index (χ3v) is 5.49. The largest absolute Gasteiger partial charge is 0.497 e. The number of rotatable bonds is 11. The number of methoxy groups -OCH3 is 1. The molecule has 9 heteroatoms. The molecule has 1 atom stereocenters. The molecule has 3 N–H and O–H groups in total. The summed E-state index contributed by atoms with van der Waals surface area (Å²) < 4.78 is 37.9. The van der Waals surface area contributed by atoms with Crippen LogP contribution in [-0.4, -0.2) is 53.5 Å². The smallest absolute Gasteiger partial charge is 0.213 e. The molecule has 2 rings (SSSR count). The second-order valence-electron chi connectivity index (χ2n) is 6.61. The fraction of sp³-hybridized carbons (Fsp3) is 0.381. The first-order valence-corrected chi connectivity index (χ1v) is 11.3. The van der Waals surface area contributed by atoms with Gasteiger partial charge in [0.25, 0.3) is 0 Å². The second-order valence-corrected chi connectivity index (χ2v) is 8.54. The minimum atomic E-state index is -3.39. The Kier molecular flexibility index (Phi) is 9.43. The fourth-order valence-electron chi connectivity index (χ4n) is 2.57. The molecule has 0 amide bonds. The van der Waals surface area contributed by atoms with Crippen molar-refractivity contribution >= 4 is 16.0 Å². The van der Waals surface area contributed by atoms with E-state index in [2.05, 4.69) is 20.3 Å². The number of aliphatic imine (C=N–C) groups is 1. The zero-order chi connectivity index (χ0) is 21.8. The van der Waals surface area contributed by atoms with E-state index in [9.17, 15) is 8.42 Å². The van der Waals surface area contributed by atoms with E-state index in [0.29, 0.717) is 18.3 Å². The van der Waals surface area contributed by atoms with Crippen LogP contribution in [0.1, 0.15) is 12.5 Å². The van der Waals surface area contributed by atoms with Gasteiger partial charge < -0.3 is 20.1 Å². The number of guanidine groups is 1. The first-order valence-electron chi connectivity index (χ1n) is 9.68. The Hall–Kier alpha value is -2.78. The van der Waals surface area contributed by atoms with Crippen molar-refractivity contribution < 1.29 is 17.9 Å². The number of benzene rings is 2. The molecule has 30 heavy (non-hydrogen) atoms. The normalized spacial score (nSPS) is 12.8. The summed E-state index contributed by atoms with van der Waals surface area (Å²) in [6.07, 6.45) is -0.132. The van der Waals surface area contributed by atoms with Gasteiger partial charge in [-0.2, -0.15) is 0 Å². The summed E-state index contributed by atoms with van der Waals surface area (Å²) in [5.74, 6) is 1.89. The minimum absolute atomic E-state index is 0.0591. The molecule has 0 saturated carbocycles. The third kappa shape index (κ3) is 8.71. The molecule has 8 nitrogen and oxygen atoms in total. The Labute approximate surface area is 178 Å². The maximum Gasteiger partial charge on any atom is 0.213 e. The molecule has 0 saturated heterocycles. The second kappa shape index (κ2) is 12.0. The monoisotopic (exact) mass is 434 g/mol. The summed E-state index contributed by atoms with van der Waals surface area (Å²) in [7, 11) is -0.156. The number of hydrogen-bond donors (Lipinski definition) is 3. The Morgan fingerprint density at radius 2 is 1.80 bits per heavy atom. The average Bonchev–Trinajstić information content (AvgIpc) is 2.75. The van der Waals surface area contributed by atoms with E-state index < -0.39 is 10.0 Å². The average molecular weight is 435 g/mol. The number of nitrogens with one attached hydrogen (secondary N) is 3. The molecule has 2 aromatic rings. The van der Waals surface area contributed by atoms with Crippen LogP contribution < -0.4 is 24.8 Å². The van der Waals surface area contributed by atoms with E-state index in [-0.39, 0.29) is 24.9 Å². The van der Waals surface area contributed by atoms with Crippen LogP contribution in [0.2, 0.25) is 0 Å². The Morgan fingerprint density at radius 1 is 1.07 bits per heavy atom. The molecule has 0 fully saturated rings. The molecule has 1 unspecified atom stereocenters. The topological polar surface area (TPSA) is 101 Å². The van der Waals surface area contributed by atoms with E-state index in [1.54, 1.807) is 14.2 Å². The maximum atomic E-state index is 12.2. The number of hydrogen-bond acceptors (Lipinski definition) is 5. The van der Waals surface area contributed by atoms with Gasteiger partial charge in [-0.3, -0.25) is 4.99 Å². The molecule has 164 valence electrons. The number of sulfonamides is 1. The standard InChI is InChI=1S/C21H30N4O4S/c1-17(29-20-11-7-10-19(14-20)28-3)15-24-21(22-2)23-12-13-30(26,27)25-16-18-8-5-4-6-9-18/h4-11,14,17,25H,12-13,15-16H2,1-3H3,(H2,22,23,24). The lowest BCUT2D eigenvalue weighted by molar-refractivity contribution is 0.223. The molecule has 0 spiro atoms. The molecular formula is C21H30N4O4S. The fourth-order valence-corrected chi connectivity index (χ4v) is 3.48. The van der Waals surface area contributed by atoms with E-state index in [1.807, 2.05) is 61.5 Å². The maximum absolute atomic E-state index is 12.2. The van der Waals surface area contributed by atoms with Crippen molar-refractivity contribution in [1.29, 1.82) is 0 Å². The van der Waals surface area contributed by atoms with Gasteiger partial charge in [0, 0.05) is 26.2 Å². The van der Waals surface area contributed by atoms with E-state index >= 15 is 0 Å². The van der Waals surface area contributed by atoms with Gasteiger partial charge in [-0.25, -0.2) is 13.1 Å². The lowest BCUT2D eigenvalue weighted by Gasteiger charge is -2.18. The van der Waals surface area contributed by atoms with Gasteiger partial charge in [0.2, 0.25) is 10.0 Å². The highest BCUT2D eigenvalue weighted by molar-refractivity contribution is 7.89. The van der Waals surface area contributed by atoms with Crippen molar-refractivity contribution in [3.05, 3.63) is 60.2 Å². The quantitative estimate of drug-likeness (QED) is 0.368. The van der Waals surface area contributed by atoms with E-state index in [4.69, 9.17) is 9.47 Å². The van der Waals surface area contributed by atoms with E-state index in [0.717, 1.165) is 11.3 Å². The summed E-state index contributed by atoms with van der Waals surface area (Å²) in [6.45, 7) is 2.93. The first kappa shape index (κ1) is 23.5. The zero-order valence-electron chi connectivity index (χ0n) is 17.6. The van der Waals surface area contributed by atoms with Crippen LogP contribution in [0.4, 0.5) is 0 Å². The molecule has 0 aromatic heterocycles. The van der Waals surface area contributed by atoms with Crippen molar-refractivity contribution in [3.63, 3.8) is 0 Å². The highest BCUT2D eigenvalue weighted by Crippen LogP contribution is 2.19. The van der Waals surface area contributed by atoms with Crippen molar-refractivity contribution in [2.45, 2.75) is 19.6 Å². The first-order chi connectivity index (χ1) is 14.4. The summed E-state index contributed by atoms with van der Waals surface area (Å²) >= 11 is 0. The number of ether oxygens (including phenoxy) is 2. The van der Waals surface area contributed by atoms with Gasteiger partial charge in [0.15, 0.2) is 5.96 Å². The highest BCUT2D eigenvalue weighted by Gasteiger charge is 2.11. The molecule has 2 aromatic carbocycles. The van der Waals surface area contributed by atoms with E-state index in [1.165, 1.54) is 0 Å². The predicted molar refractivity (Wildman–Crippen MR) is 120 cm³/mol. The SMILES string of the molecule is CN=C(NCCS(=O)(=O)NCc1ccccc1)NCC(C)Oc1cccc(OC)c1. The van der Waals surface area contributed by atoms with Crippen LogP contribution >= 0.6 is 0 Å². The molecule has 0 heterocycles. The van der Waals surface area contributed by atoms with Crippen molar-refractivity contribution in [3.8, 4) is 11.5 Å². The van der Waals surface area contributed by atoms with Crippen molar-refractivity contribution in [2.75, 3.05) is 33.0 Å². The van der Waals surface area contributed by atoms with Gasteiger partial charge >= 0.3 is 0 Å². The van der Waals surface area contributed by atoms with Crippen LogP contribution in [-0.2, 0) is 16.6 Å². The van der Waals surface area contributed by atoms with Crippen LogP contribution in [0.3, 0.4) is 0 Å². The highest BCUT2D eigenvalue weighted by atomic mass is 32.2. The third-order valence-electron chi connectivity index (χ3n) is 4.16. The molecule has 0 aliphatic rings. The number of nitrogens with zero attached hydrogens (tertiary/aromatic N) is 1. The van der Waals surface area contributed by atoms with Crippen LogP contribution in [0.15, 0.2) is 59.6 Å². The van der Waals surface area contributed by atoms with Crippen LogP contribution in [0.5, 0.6) is 11.5 Å². The van der Waals surface area contributed by atoms with Crippen molar-refractivity contribution in [1.82, 2.24) is 15.4 Å². The Balaban J connectivity index is 1.70. The minimum Gasteiger partial charge on any atom is -0.497 e. The Bertz CT molecular complexity index is 904. The predicted octanol–water partition coefficient (Wildman–Crippen LogP) is 1.75. The van der Waals surface area contributed by atoms with Crippen molar-refractivity contribution in [2.24, 2.45) is 4.99 Å². The zero-order valence-corrected chi connectivity index (χ0v) is 18.4. The van der Waals surface area contributed by atoms with Gasteiger partial charge in [-0.05, 0) is 24.6 Å². The van der Waals surface area contributed by atoms with Gasteiger partial charge in [-0.1, -0.05) is 36.4 Å². The van der Waals surface area contributed by atoms with Gasteiger partial charge in [0.1, 0.15) is 17.6 Å². The van der Waals surface area contributed by atoms with Gasteiger partial charge in [0.05, 0.1) is 19.4 Å². The summed E-state index contributed by atoms with van der Waals surface area (Å²) in [6, 6.07) is 16.8. The lowest BCUT2D eigenvalue weighted by Crippen LogP contribution is -2.44. The van der Waals surface area contributed by atoms with Crippen LogP contribution in [0.25, 0.3) is 0 Å². The molecule has 0 bridgehead atoms. The molecule has 0 radical (unpaired) electrons. The summed E-state index contributed by atoms with van der Waals surface area (Å²) in [5.41, 5.74) is 0.913. The summed E-state index contributed by atoms with van der Waals surface area (Å²) in [5, 5.41) is 6.13. The van der Waals surface area contributed by atoms with Crippen LogP contribution in [0, 0.1) is 0 Å². The Morgan fingerprint density at radius 3 is 2.50 bits per heavy atom. The molecular weight excluding hydrogens is 404 g/mol. The molecule has 0 aliphatic heterocycles. The summed E-state index contributed by atoms with van der Waals surface area (Å²) in [4.78, 5) is 4.11. The van der Waals surface area contributed by atoms with Gasteiger partial charge in [-0.15, -0.1) is 0 Å².